The van der Waals surface area contributed by atoms with E-state index in [2.05, 4.69) is 20.8 Å². The number of anilines is 1. The first kappa shape index (κ1) is 18.3. The van der Waals surface area contributed by atoms with Crippen molar-refractivity contribution in [2.75, 3.05) is 5.32 Å². The second kappa shape index (κ2) is 7.49. The lowest BCUT2D eigenvalue weighted by atomic mass is 10.1. The molecule has 0 aliphatic heterocycles. The third-order valence-corrected chi connectivity index (χ3v) is 5.43. The summed E-state index contributed by atoms with van der Waals surface area (Å²) in [4.78, 5) is 13.2. The molecule has 0 saturated carbocycles. The molecule has 0 aliphatic carbocycles. The summed E-state index contributed by atoms with van der Waals surface area (Å²) < 4.78 is 1.51. The Morgan fingerprint density at radius 2 is 1.86 bits per heavy atom. The minimum Gasteiger partial charge on any atom is -0.506 e. The number of aryl methyl sites for hydroxylation is 1. The summed E-state index contributed by atoms with van der Waals surface area (Å²) >= 11 is 7.10. The minimum atomic E-state index is -0.274. The summed E-state index contributed by atoms with van der Waals surface area (Å²) in [5.41, 5.74) is 1.05. The van der Waals surface area contributed by atoms with Crippen molar-refractivity contribution in [1.82, 2.24) is 20.2 Å². The molecule has 4 aromatic rings. The van der Waals surface area contributed by atoms with Crippen molar-refractivity contribution in [2.45, 2.75) is 10.1 Å². The number of carbonyl (C=O) groups excluding carboxylic acids is 1. The van der Waals surface area contributed by atoms with Crippen LogP contribution >= 0.6 is 23.4 Å². The van der Waals surface area contributed by atoms with Crippen molar-refractivity contribution in [3.63, 3.8) is 0 Å². The SMILES string of the molecule is Cn1nnnc1Sc1cc(NC(=O)c2ccc(Cl)cc2)c2ccccc2c1O. The molecule has 0 fully saturated rings. The smallest absolute Gasteiger partial charge is 0.255 e. The molecule has 0 atom stereocenters. The molecular weight excluding hydrogens is 398 g/mol. The number of hydrogen-bond acceptors (Lipinski definition) is 6. The van der Waals surface area contributed by atoms with E-state index in [4.69, 9.17) is 11.6 Å². The molecule has 140 valence electrons. The van der Waals surface area contributed by atoms with Gasteiger partial charge in [0.15, 0.2) is 0 Å². The highest BCUT2D eigenvalue weighted by Gasteiger charge is 2.17. The lowest BCUT2D eigenvalue weighted by molar-refractivity contribution is 0.102. The van der Waals surface area contributed by atoms with Gasteiger partial charge in [-0.2, -0.15) is 0 Å². The van der Waals surface area contributed by atoms with E-state index >= 15 is 0 Å². The van der Waals surface area contributed by atoms with E-state index in [-0.39, 0.29) is 11.7 Å². The van der Waals surface area contributed by atoms with Gasteiger partial charge in [-0.25, -0.2) is 4.68 Å². The molecule has 0 aliphatic rings. The van der Waals surface area contributed by atoms with Crippen molar-refractivity contribution in [1.29, 1.82) is 0 Å². The highest BCUT2D eigenvalue weighted by atomic mass is 35.5. The molecule has 3 aromatic carbocycles. The Hall–Kier alpha value is -3.10. The highest BCUT2D eigenvalue weighted by molar-refractivity contribution is 7.99. The molecule has 2 N–H and O–H groups in total. The fourth-order valence-electron chi connectivity index (χ4n) is 2.72. The number of nitrogens with zero attached hydrogens (tertiary/aromatic N) is 4. The number of nitrogens with one attached hydrogen (secondary N) is 1. The molecule has 4 rings (SSSR count). The zero-order valence-electron chi connectivity index (χ0n) is 14.6. The maximum Gasteiger partial charge on any atom is 0.255 e. The van der Waals surface area contributed by atoms with Crippen LogP contribution in [0.4, 0.5) is 5.69 Å². The van der Waals surface area contributed by atoms with Gasteiger partial charge in [0.2, 0.25) is 5.16 Å². The molecule has 1 amide bonds. The first-order valence-electron chi connectivity index (χ1n) is 8.25. The number of amides is 1. The van der Waals surface area contributed by atoms with E-state index in [1.54, 1.807) is 43.4 Å². The van der Waals surface area contributed by atoms with Gasteiger partial charge in [-0.15, -0.1) is 5.10 Å². The summed E-state index contributed by atoms with van der Waals surface area (Å²) in [6, 6.07) is 15.6. The number of phenolic OH excluding ortho intramolecular Hbond substituents is 1. The van der Waals surface area contributed by atoms with Crippen molar-refractivity contribution in [3.8, 4) is 5.75 Å². The molecule has 0 radical (unpaired) electrons. The molecule has 0 bridgehead atoms. The second-order valence-electron chi connectivity index (χ2n) is 5.96. The molecule has 0 unspecified atom stereocenters. The van der Waals surface area contributed by atoms with Gasteiger partial charge < -0.3 is 10.4 Å². The van der Waals surface area contributed by atoms with Gasteiger partial charge in [-0.05, 0) is 52.5 Å². The zero-order chi connectivity index (χ0) is 19.7. The maximum absolute atomic E-state index is 12.7. The molecule has 1 aromatic heterocycles. The third-order valence-electron chi connectivity index (χ3n) is 4.12. The predicted octanol–water partition coefficient (Wildman–Crippen LogP) is 4.13. The van der Waals surface area contributed by atoms with E-state index in [1.165, 1.54) is 16.4 Å². The Bertz CT molecular complexity index is 1180. The van der Waals surface area contributed by atoms with E-state index < -0.39 is 0 Å². The van der Waals surface area contributed by atoms with Crippen LogP contribution < -0.4 is 5.32 Å². The second-order valence-corrected chi connectivity index (χ2v) is 7.41. The summed E-state index contributed by atoms with van der Waals surface area (Å²) in [6.07, 6.45) is 0. The van der Waals surface area contributed by atoms with Crippen LogP contribution in [-0.2, 0) is 7.05 Å². The Morgan fingerprint density at radius 3 is 2.54 bits per heavy atom. The van der Waals surface area contributed by atoms with Gasteiger partial charge in [-0.1, -0.05) is 35.9 Å². The van der Waals surface area contributed by atoms with Crippen LogP contribution in [0.25, 0.3) is 10.8 Å². The van der Waals surface area contributed by atoms with Gasteiger partial charge in [0.25, 0.3) is 5.91 Å². The number of aromatic hydroxyl groups is 1. The monoisotopic (exact) mass is 411 g/mol. The van der Waals surface area contributed by atoms with Gasteiger partial charge >= 0.3 is 0 Å². The van der Waals surface area contributed by atoms with Crippen molar-refractivity contribution in [2.24, 2.45) is 7.05 Å². The standard InChI is InChI=1S/C19H14ClN5O2S/c1-25-19(22-23-24-25)28-16-10-15(13-4-2-3-5-14(13)17(16)26)21-18(27)11-6-8-12(20)9-7-11/h2-10,26H,1H3,(H,21,27). The van der Waals surface area contributed by atoms with Crippen molar-refractivity contribution >= 4 is 45.7 Å². The number of halogens is 1. The summed E-state index contributed by atoms with van der Waals surface area (Å²) in [5.74, 6) is -0.170. The van der Waals surface area contributed by atoms with Crippen LogP contribution in [0.5, 0.6) is 5.75 Å². The van der Waals surface area contributed by atoms with Gasteiger partial charge in [0.05, 0.1) is 10.6 Å². The van der Waals surface area contributed by atoms with Gasteiger partial charge in [-0.3, -0.25) is 4.79 Å². The average Bonchev–Trinajstić information content (AvgIpc) is 3.10. The van der Waals surface area contributed by atoms with E-state index in [9.17, 15) is 9.90 Å². The van der Waals surface area contributed by atoms with Gasteiger partial charge in [0.1, 0.15) is 5.75 Å². The average molecular weight is 412 g/mol. The Kier molecular flexibility index (Phi) is 4.89. The lowest BCUT2D eigenvalue weighted by Crippen LogP contribution is -2.12. The lowest BCUT2D eigenvalue weighted by Gasteiger charge is -2.13. The van der Waals surface area contributed by atoms with Crippen LogP contribution in [0.1, 0.15) is 10.4 Å². The predicted molar refractivity (Wildman–Crippen MR) is 108 cm³/mol. The first-order valence-corrected chi connectivity index (χ1v) is 9.44. The minimum absolute atomic E-state index is 0.105. The van der Waals surface area contributed by atoms with Crippen LogP contribution in [-0.4, -0.2) is 31.2 Å². The molecule has 1 heterocycles. The van der Waals surface area contributed by atoms with Crippen LogP contribution in [0, 0.1) is 0 Å². The first-order chi connectivity index (χ1) is 13.5. The van der Waals surface area contributed by atoms with Crippen molar-refractivity contribution in [3.05, 3.63) is 65.2 Å². The molecule has 0 spiro atoms. The van der Waals surface area contributed by atoms with Crippen LogP contribution in [0.2, 0.25) is 5.02 Å². The Morgan fingerprint density at radius 1 is 1.14 bits per heavy atom. The summed E-state index contributed by atoms with van der Waals surface area (Å²) in [7, 11) is 1.71. The van der Waals surface area contributed by atoms with E-state index in [0.717, 1.165) is 5.39 Å². The van der Waals surface area contributed by atoms with Crippen LogP contribution in [0.3, 0.4) is 0 Å². The Balaban J connectivity index is 1.76. The molecular formula is C19H14ClN5O2S. The number of fused-ring (bicyclic) bond motifs is 1. The fourth-order valence-corrected chi connectivity index (χ4v) is 3.67. The largest absolute Gasteiger partial charge is 0.506 e. The number of hydrogen-bond donors (Lipinski definition) is 2. The summed E-state index contributed by atoms with van der Waals surface area (Å²) in [5, 5.41) is 27.4. The number of rotatable bonds is 4. The Labute approximate surface area is 169 Å². The molecule has 28 heavy (non-hydrogen) atoms. The fraction of sp³-hybridized carbons (Fsp3) is 0.0526. The van der Waals surface area contributed by atoms with Crippen molar-refractivity contribution < 1.29 is 9.90 Å². The van der Waals surface area contributed by atoms with Crippen LogP contribution in [0.15, 0.2) is 64.6 Å². The third kappa shape index (κ3) is 3.51. The number of tetrazole rings is 1. The van der Waals surface area contributed by atoms with E-state index in [0.29, 0.717) is 31.7 Å². The highest BCUT2D eigenvalue weighted by Crippen LogP contribution is 2.41. The summed E-state index contributed by atoms with van der Waals surface area (Å²) in [6.45, 7) is 0. The molecule has 9 heteroatoms. The van der Waals surface area contributed by atoms with E-state index in [1.807, 2.05) is 18.2 Å². The number of phenols is 1. The van der Waals surface area contributed by atoms with Gasteiger partial charge in [0, 0.05) is 28.4 Å². The normalized spacial score (nSPS) is 10.9. The number of carbonyl (C=O) groups is 1. The molecule has 7 nitrogen and oxygen atoms in total. The quantitative estimate of drug-likeness (QED) is 0.490. The molecule has 0 saturated heterocycles. The zero-order valence-corrected chi connectivity index (χ0v) is 16.2. The number of aromatic nitrogens is 4. The maximum atomic E-state index is 12.7. The topological polar surface area (TPSA) is 92.9 Å². The number of benzene rings is 3.